The van der Waals surface area contributed by atoms with E-state index in [9.17, 15) is 43.2 Å². The molecule has 0 saturated heterocycles. The Kier molecular flexibility index (Phi) is 61.8. The number of carbonyl (C=O) groups excluding carboxylic acids is 4. The molecule has 0 aromatic heterocycles. The standard InChI is InChI=1S/C71H138O17P2/c1-7-11-13-15-17-19-21-23-24-26-28-30-35-43-49-55-70(75)87-66(59-81-68(73)53-47-41-34-29-27-25-22-20-18-16-14-12-8-2)61-85-89(77,78)83-57-65(72)58-84-90(79,80)86-62-67(60-82-69(74)54-48-42-38-37-40-46-52-64(6)10-4)88-71(76)56-50-44-36-32-31-33-39-45-51-63(5)9-3/h63-67,72H,7-62H2,1-6H3,(H,77,78)(H,79,80)/t63?,64?,65-,66-,67-/m1/s1. The fraction of sp³-hybridized carbons (Fsp3) is 0.944. The minimum absolute atomic E-state index is 0.104. The Morgan fingerprint density at radius 3 is 0.789 bits per heavy atom. The normalized spacial score (nSPS) is 14.7. The molecule has 0 bridgehead atoms. The second kappa shape index (κ2) is 63.1. The number of rotatable bonds is 70. The Labute approximate surface area is 549 Å². The number of esters is 4. The number of aliphatic hydroxyl groups excluding tert-OH is 1. The zero-order chi connectivity index (χ0) is 66.5. The summed E-state index contributed by atoms with van der Waals surface area (Å²) in [6.07, 6.45) is 48.4. The summed E-state index contributed by atoms with van der Waals surface area (Å²) >= 11 is 0. The van der Waals surface area contributed by atoms with Crippen molar-refractivity contribution in [1.82, 2.24) is 0 Å². The summed E-state index contributed by atoms with van der Waals surface area (Å²) in [4.78, 5) is 72.6. The Hall–Kier alpha value is -1.94. The van der Waals surface area contributed by atoms with Gasteiger partial charge in [0.15, 0.2) is 12.2 Å². The lowest BCUT2D eigenvalue weighted by molar-refractivity contribution is -0.161. The lowest BCUT2D eigenvalue weighted by Gasteiger charge is -2.21. The number of phosphoric acid groups is 2. The van der Waals surface area contributed by atoms with Crippen LogP contribution in [0.15, 0.2) is 0 Å². The third-order valence-corrected chi connectivity index (χ3v) is 19.1. The first-order valence-corrected chi connectivity index (χ1v) is 40.1. The Balaban J connectivity index is 5.26. The summed E-state index contributed by atoms with van der Waals surface area (Å²) in [6, 6.07) is 0. The number of hydrogen-bond donors (Lipinski definition) is 3. The lowest BCUT2D eigenvalue weighted by atomic mass is 9.99. The largest absolute Gasteiger partial charge is 0.472 e. The van der Waals surface area contributed by atoms with E-state index in [1.807, 2.05) is 0 Å². The van der Waals surface area contributed by atoms with Crippen LogP contribution in [0, 0.1) is 11.8 Å². The van der Waals surface area contributed by atoms with Gasteiger partial charge in [-0.2, -0.15) is 0 Å². The van der Waals surface area contributed by atoms with Gasteiger partial charge in [0.25, 0.3) is 0 Å². The van der Waals surface area contributed by atoms with E-state index in [0.29, 0.717) is 25.7 Å². The molecule has 0 spiro atoms. The van der Waals surface area contributed by atoms with Crippen LogP contribution in [-0.2, 0) is 65.4 Å². The lowest BCUT2D eigenvalue weighted by Crippen LogP contribution is -2.30. The van der Waals surface area contributed by atoms with Gasteiger partial charge in [-0.05, 0) is 37.5 Å². The van der Waals surface area contributed by atoms with Crippen molar-refractivity contribution in [3.05, 3.63) is 0 Å². The fourth-order valence-corrected chi connectivity index (χ4v) is 12.3. The highest BCUT2D eigenvalue weighted by Gasteiger charge is 2.30. The highest BCUT2D eigenvalue weighted by atomic mass is 31.2. The van der Waals surface area contributed by atoms with Crippen molar-refractivity contribution >= 4 is 39.5 Å². The zero-order valence-electron chi connectivity index (χ0n) is 58.4. The molecule has 0 radical (unpaired) electrons. The van der Waals surface area contributed by atoms with Crippen LogP contribution in [0.2, 0.25) is 0 Å². The molecule has 4 unspecified atom stereocenters. The Morgan fingerprint density at radius 2 is 0.533 bits per heavy atom. The molecule has 19 heteroatoms. The molecule has 0 heterocycles. The van der Waals surface area contributed by atoms with Gasteiger partial charge in [0, 0.05) is 25.7 Å². The van der Waals surface area contributed by atoms with E-state index in [-0.39, 0.29) is 25.7 Å². The number of phosphoric ester groups is 2. The van der Waals surface area contributed by atoms with Crippen molar-refractivity contribution in [2.45, 2.75) is 381 Å². The van der Waals surface area contributed by atoms with Crippen LogP contribution < -0.4 is 0 Å². The van der Waals surface area contributed by atoms with Gasteiger partial charge in [-0.25, -0.2) is 9.13 Å². The topological polar surface area (TPSA) is 237 Å². The monoisotopic (exact) mass is 1320 g/mol. The molecule has 90 heavy (non-hydrogen) atoms. The molecule has 0 aliphatic carbocycles. The molecule has 3 N–H and O–H groups in total. The smallest absolute Gasteiger partial charge is 0.462 e. The van der Waals surface area contributed by atoms with Crippen molar-refractivity contribution in [2.75, 3.05) is 39.6 Å². The van der Waals surface area contributed by atoms with E-state index in [0.717, 1.165) is 108 Å². The first kappa shape index (κ1) is 88.1. The van der Waals surface area contributed by atoms with E-state index >= 15 is 0 Å². The van der Waals surface area contributed by atoms with Gasteiger partial charge in [-0.15, -0.1) is 0 Å². The van der Waals surface area contributed by atoms with Gasteiger partial charge in [-0.1, -0.05) is 311 Å². The van der Waals surface area contributed by atoms with E-state index in [1.165, 1.54) is 173 Å². The minimum atomic E-state index is -4.95. The SMILES string of the molecule is CCCCCCCCCCCCCCCCCC(=O)O[C@H](COC(=O)CCCCCCCCCCCCCCC)COP(=O)(O)OC[C@@H](O)COP(=O)(O)OC[C@@H](COC(=O)CCCCCCCCC(C)CC)OC(=O)CCCCCCCCCCC(C)CC. The molecule has 0 fully saturated rings. The number of ether oxygens (including phenoxy) is 4. The van der Waals surface area contributed by atoms with Crippen LogP contribution in [0.5, 0.6) is 0 Å². The molecular weight excluding hydrogens is 1190 g/mol. The maximum atomic E-state index is 13.0. The van der Waals surface area contributed by atoms with Crippen molar-refractivity contribution in [3.63, 3.8) is 0 Å². The molecule has 0 rings (SSSR count). The van der Waals surface area contributed by atoms with Crippen LogP contribution in [-0.4, -0.2) is 96.7 Å². The summed E-state index contributed by atoms with van der Waals surface area (Å²) in [5, 5.41) is 10.6. The molecule has 534 valence electrons. The second-order valence-corrected chi connectivity index (χ2v) is 29.0. The van der Waals surface area contributed by atoms with Gasteiger partial charge in [-0.3, -0.25) is 37.3 Å². The number of aliphatic hydroxyl groups is 1. The predicted molar refractivity (Wildman–Crippen MR) is 363 cm³/mol. The van der Waals surface area contributed by atoms with Crippen molar-refractivity contribution < 1.29 is 80.2 Å². The van der Waals surface area contributed by atoms with E-state index in [4.69, 9.17) is 37.0 Å². The van der Waals surface area contributed by atoms with E-state index in [2.05, 4.69) is 41.5 Å². The summed E-state index contributed by atoms with van der Waals surface area (Å²) in [7, 11) is -9.90. The molecule has 0 aliphatic rings. The fourth-order valence-electron chi connectivity index (χ4n) is 10.7. The molecule has 0 amide bonds. The maximum absolute atomic E-state index is 13.0. The highest BCUT2D eigenvalue weighted by molar-refractivity contribution is 7.47. The summed E-state index contributed by atoms with van der Waals surface area (Å²) in [5.74, 6) is -0.623. The molecule has 0 saturated carbocycles. The van der Waals surface area contributed by atoms with Crippen molar-refractivity contribution in [3.8, 4) is 0 Å². The predicted octanol–water partition coefficient (Wildman–Crippen LogP) is 20.4. The molecule has 0 aromatic rings. The Bertz CT molecular complexity index is 1760. The summed E-state index contributed by atoms with van der Waals surface area (Å²) < 4.78 is 68.3. The molecule has 0 aromatic carbocycles. The van der Waals surface area contributed by atoms with E-state index < -0.39 is 97.5 Å². The van der Waals surface area contributed by atoms with Gasteiger partial charge in [0.2, 0.25) is 0 Å². The maximum Gasteiger partial charge on any atom is 0.472 e. The summed E-state index contributed by atoms with van der Waals surface area (Å²) in [6.45, 7) is 9.52. The van der Waals surface area contributed by atoms with Crippen LogP contribution in [0.25, 0.3) is 0 Å². The number of unbranched alkanes of at least 4 members (excludes halogenated alkanes) is 38. The van der Waals surface area contributed by atoms with Crippen LogP contribution in [0.3, 0.4) is 0 Å². The molecule has 0 aliphatic heterocycles. The molecule has 17 nitrogen and oxygen atoms in total. The van der Waals surface area contributed by atoms with Gasteiger partial charge in [0.1, 0.15) is 19.3 Å². The summed E-state index contributed by atoms with van der Waals surface area (Å²) in [5.41, 5.74) is 0. The van der Waals surface area contributed by atoms with E-state index in [1.54, 1.807) is 0 Å². The quantitative estimate of drug-likeness (QED) is 0.0222. The molecule has 7 atom stereocenters. The van der Waals surface area contributed by atoms with Crippen molar-refractivity contribution in [2.24, 2.45) is 11.8 Å². The average Bonchev–Trinajstić information content (AvgIpc) is 3.24. The number of carbonyl (C=O) groups is 4. The highest BCUT2D eigenvalue weighted by Crippen LogP contribution is 2.45. The first-order valence-electron chi connectivity index (χ1n) is 37.1. The Morgan fingerprint density at radius 1 is 0.311 bits per heavy atom. The van der Waals surface area contributed by atoms with Gasteiger partial charge >= 0.3 is 39.5 Å². The third-order valence-electron chi connectivity index (χ3n) is 17.2. The third kappa shape index (κ3) is 62.2. The van der Waals surface area contributed by atoms with Crippen LogP contribution in [0.4, 0.5) is 0 Å². The van der Waals surface area contributed by atoms with Crippen molar-refractivity contribution in [1.29, 1.82) is 0 Å². The number of hydrogen-bond acceptors (Lipinski definition) is 15. The average molecular weight is 1330 g/mol. The minimum Gasteiger partial charge on any atom is -0.462 e. The van der Waals surface area contributed by atoms with Gasteiger partial charge < -0.3 is 33.8 Å². The van der Waals surface area contributed by atoms with Crippen LogP contribution in [0.1, 0.15) is 363 Å². The zero-order valence-corrected chi connectivity index (χ0v) is 60.2. The molecular formula is C71H138O17P2. The van der Waals surface area contributed by atoms with Gasteiger partial charge in [0.05, 0.1) is 26.4 Å². The van der Waals surface area contributed by atoms with Crippen LogP contribution >= 0.6 is 15.6 Å². The second-order valence-electron chi connectivity index (χ2n) is 26.1. The first-order chi connectivity index (χ1) is 43.4.